The Morgan fingerprint density at radius 1 is 1.20 bits per heavy atom. The van der Waals surface area contributed by atoms with Crippen LogP contribution in [-0.4, -0.2) is 34.7 Å². The largest absolute Gasteiger partial charge is 0.360 e. The Morgan fingerprint density at radius 3 is 2.65 bits per heavy atom. The molecule has 1 aromatic carbocycles. The van der Waals surface area contributed by atoms with Gasteiger partial charge in [0.2, 0.25) is 0 Å². The predicted molar refractivity (Wildman–Crippen MR) is 79.8 cm³/mol. The van der Waals surface area contributed by atoms with E-state index in [2.05, 4.69) is 11.9 Å². The van der Waals surface area contributed by atoms with Crippen LogP contribution in [0.2, 0.25) is 0 Å². The maximum Gasteiger partial charge on any atom is 0.295 e. The van der Waals surface area contributed by atoms with Crippen LogP contribution in [0.25, 0.3) is 10.9 Å². The number of ketones is 1. The molecule has 4 nitrogen and oxygen atoms in total. The Morgan fingerprint density at radius 2 is 1.95 bits per heavy atom. The van der Waals surface area contributed by atoms with Crippen molar-refractivity contribution in [2.24, 2.45) is 0 Å². The average molecular weight is 272 g/mol. The fourth-order valence-corrected chi connectivity index (χ4v) is 2.27. The van der Waals surface area contributed by atoms with Crippen molar-refractivity contribution >= 4 is 22.6 Å². The van der Waals surface area contributed by atoms with Gasteiger partial charge in [-0.1, -0.05) is 31.5 Å². The highest BCUT2D eigenvalue weighted by Crippen LogP contribution is 2.18. The zero-order valence-corrected chi connectivity index (χ0v) is 12.0. The molecular formula is C16H20N2O2. The van der Waals surface area contributed by atoms with E-state index in [0.29, 0.717) is 18.7 Å². The second kappa shape index (κ2) is 6.37. The van der Waals surface area contributed by atoms with Gasteiger partial charge < -0.3 is 9.88 Å². The maximum atomic E-state index is 12.4. The van der Waals surface area contributed by atoms with Crippen LogP contribution in [0.15, 0.2) is 30.5 Å². The summed E-state index contributed by atoms with van der Waals surface area (Å²) < 4.78 is 0. The molecule has 0 aliphatic heterocycles. The van der Waals surface area contributed by atoms with Crippen LogP contribution in [-0.2, 0) is 4.79 Å². The number of carbonyl (C=O) groups excluding carboxylic acids is 2. The first kappa shape index (κ1) is 14.3. The zero-order valence-electron chi connectivity index (χ0n) is 12.0. The highest BCUT2D eigenvalue weighted by atomic mass is 16.2. The number of nitrogens with one attached hydrogen (secondary N) is 1. The van der Waals surface area contributed by atoms with E-state index in [4.69, 9.17) is 0 Å². The normalized spacial score (nSPS) is 10.7. The quantitative estimate of drug-likeness (QED) is 0.649. The van der Waals surface area contributed by atoms with Crippen molar-refractivity contribution in [3.63, 3.8) is 0 Å². The summed E-state index contributed by atoms with van der Waals surface area (Å²) in [6.45, 7) is 5.17. The Balaban J connectivity index is 2.23. The average Bonchev–Trinajstić information content (AvgIpc) is 2.91. The summed E-state index contributed by atoms with van der Waals surface area (Å²) in [7, 11) is 0. The van der Waals surface area contributed by atoms with Crippen LogP contribution in [0.4, 0.5) is 0 Å². The van der Waals surface area contributed by atoms with Crippen LogP contribution in [0.1, 0.15) is 37.0 Å². The minimum atomic E-state index is -0.430. The fraction of sp³-hybridized carbons (Fsp3) is 0.375. The number of para-hydroxylation sites is 1. The van der Waals surface area contributed by atoms with Crippen molar-refractivity contribution < 1.29 is 9.59 Å². The topological polar surface area (TPSA) is 53.2 Å². The van der Waals surface area contributed by atoms with E-state index in [9.17, 15) is 9.59 Å². The van der Waals surface area contributed by atoms with E-state index in [1.54, 1.807) is 11.1 Å². The van der Waals surface area contributed by atoms with E-state index in [1.807, 2.05) is 31.2 Å². The van der Waals surface area contributed by atoms with Gasteiger partial charge in [0.15, 0.2) is 0 Å². The number of carbonyl (C=O) groups is 2. The summed E-state index contributed by atoms with van der Waals surface area (Å²) in [5.74, 6) is -0.842. The molecule has 1 amide bonds. The molecule has 20 heavy (non-hydrogen) atoms. The molecule has 0 aliphatic carbocycles. The second-order valence-electron chi connectivity index (χ2n) is 4.82. The summed E-state index contributed by atoms with van der Waals surface area (Å²) in [4.78, 5) is 29.3. The molecule has 2 aromatic rings. The molecule has 0 aliphatic rings. The van der Waals surface area contributed by atoms with Crippen molar-refractivity contribution in [3.05, 3.63) is 36.0 Å². The van der Waals surface area contributed by atoms with Gasteiger partial charge in [0.1, 0.15) is 0 Å². The van der Waals surface area contributed by atoms with Gasteiger partial charge in [-0.15, -0.1) is 0 Å². The monoisotopic (exact) mass is 272 g/mol. The highest BCUT2D eigenvalue weighted by Gasteiger charge is 2.24. The Bertz CT molecular complexity index is 616. The number of amides is 1. The van der Waals surface area contributed by atoms with Gasteiger partial charge in [-0.05, 0) is 19.4 Å². The number of aromatic amines is 1. The van der Waals surface area contributed by atoms with E-state index in [-0.39, 0.29) is 0 Å². The van der Waals surface area contributed by atoms with Gasteiger partial charge in [0, 0.05) is 30.2 Å². The smallest absolute Gasteiger partial charge is 0.295 e. The molecule has 106 valence electrons. The molecule has 0 radical (unpaired) electrons. The van der Waals surface area contributed by atoms with E-state index in [0.717, 1.165) is 23.7 Å². The Kier molecular flexibility index (Phi) is 4.56. The third-order valence-electron chi connectivity index (χ3n) is 3.48. The minimum Gasteiger partial charge on any atom is -0.360 e. The predicted octanol–water partition coefficient (Wildman–Crippen LogP) is 3.00. The van der Waals surface area contributed by atoms with Gasteiger partial charge in [-0.2, -0.15) is 0 Å². The number of hydrogen-bond acceptors (Lipinski definition) is 2. The number of aromatic nitrogens is 1. The first-order chi connectivity index (χ1) is 9.69. The lowest BCUT2D eigenvalue weighted by molar-refractivity contribution is -0.126. The first-order valence-corrected chi connectivity index (χ1v) is 7.08. The zero-order chi connectivity index (χ0) is 14.5. The maximum absolute atomic E-state index is 12.4. The molecular weight excluding hydrogens is 252 g/mol. The number of H-pyrrole nitrogens is 1. The molecule has 0 saturated heterocycles. The number of unbranched alkanes of at least 4 members (excludes halogenated alkanes) is 1. The standard InChI is InChI=1S/C16H20N2O2/c1-3-5-10-18(4-2)16(20)15(19)13-11-17-14-9-7-6-8-12(13)14/h6-9,11,17H,3-5,10H2,1-2H3. The SMILES string of the molecule is CCCCN(CC)C(=O)C(=O)c1c[nH]c2ccccc12. The minimum absolute atomic E-state index is 0.411. The molecule has 0 unspecified atom stereocenters. The summed E-state index contributed by atoms with van der Waals surface area (Å²) in [5, 5.41) is 0.803. The van der Waals surface area contributed by atoms with Gasteiger partial charge in [-0.3, -0.25) is 9.59 Å². The Labute approximate surface area is 118 Å². The summed E-state index contributed by atoms with van der Waals surface area (Å²) in [6, 6.07) is 7.51. The number of nitrogens with zero attached hydrogens (tertiary/aromatic N) is 1. The van der Waals surface area contributed by atoms with Crippen LogP contribution in [0, 0.1) is 0 Å². The Hall–Kier alpha value is -2.10. The third kappa shape index (κ3) is 2.74. The summed E-state index contributed by atoms with van der Waals surface area (Å²) in [6.07, 6.45) is 3.55. The van der Waals surface area contributed by atoms with Gasteiger partial charge >= 0.3 is 0 Å². The summed E-state index contributed by atoms with van der Waals surface area (Å²) >= 11 is 0. The van der Waals surface area contributed by atoms with Gasteiger partial charge in [-0.25, -0.2) is 0 Å². The first-order valence-electron chi connectivity index (χ1n) is 7.08. The molecule has 2 rings (SSSR count). The van der Waals surface area contributed by atoms with Crippen LogP contribution in [0.3, 0.4) is 0 Å². The number of likely N-dealkylation sites (N-methyl/N-ethyl adjacent to an activating group) is 1. The number of Topliss-reactive ketones (excluding diaryl/α,β-unsaturated/α-hetero) is 1. The molecule has 1 aromatic heterocycles. The van der Waals surface area contributed by atoms with Crippen LogP contribution < -0.4 is 0 Å². The number of benzene rings is 1. The van der Waals surface area contributed by atoms with E-state index in [1.165, 1.54) is 0 Å². The number of fused-ring (bicyclic) bond motifs is 1. The van der Waals surface area contributed by atoms with Crippen molar-refractivity contribution in [1.82, 2.24) is 9.88 Å². The van der Waals surface area contributed by atoms with Gasteiger partial charge in [0.05, 0.1) is 5.56 Å². The van der Waals surface area contributed by atoms with Crippen molar-refractivity contribution in [1.29, 1.82) is 0 Å². The van der Waals surface area contributed by atoms with Gasteiger partial charge in [0.25, 0.3) is 11.7 Å². The molecule has 0 fully saturated rings. The van der Waals surface area contributed by atoms with Crippen LogP contribution in [0.5, 0.6) is 0 Å². The van der Waals surface area contributed by atoms with E-state index < -0.39 is 11.7 Å². The van der Waals surface area contributed by atoms with Crippen molar-refractivity contribution in [3.8, 4) is 0 Å². The third-order valence-corrected chi connectivity index (χ3v) is 3.48. The molecule has 0 atom stereocenters. The number of hydrogen-bond donors (Lipinski definition) is 1. The lowest BCUT2D eigenvalue weighted by Gasteiger charge is -2.19. The summed E-state index contributed by atoms with van der Waals surface area (Å²) in [5.41, 5.74) is 1.33. The lowest BCUT2D eigenvalue weighted by atomic mass is 10.1. The molecule has 0 saturated carbocycles. The molecule has 1 N–H and O–H groups in total. The lowest BCUT2D eigenvalue weighted by Crippen LogP contribution is -2.37. The number of rotatable bonds is 6. The van der Waals surface area contributed by atoms with E-state index >= 15 is 0 Å². The molecule has 1 heterocycles. The molecule has 0 bridgehead atoms. The van der Waals surface area contributed by atoms with Crippen LogP contribution >= 0.6 is 0 Å². The molecule has 0 spiro atoms. The van der Waals surface area contributed by atoms with Crippen molar-refractivity contribution in [2.75, 3.05) is 13.1 Å². The van der Waals surface area contributed by atoms with Crippen molar-refractivity contribution in [2.45, 2.75) is 26.7 Å². The second-order valence-corrected chi connectivity index (χ2v) is 4.82. The fourth-order valence-electron chi connectivity index (χ4n) is 2.27. The molecule has 4 heteroatoms. The highest BCUT2D eigenvalue weighted by molar-refractivity contribution is 6.44.